The van der Waals surface area contributed by atoms with Crippen molar-refractivity contribution in [1.29, 1.82) is 5.26 Å². The number of halogens is 1. The molecule has 22 heavy (non-hydrogen) atoms. The molecule has 0 aliphatic heterocycles. The molecule has 0 saturated heterocycles. The Morgan fingerprint density at radius 3 is 2.82 bits per heavy atom. The van der Waals surface area contributed by atoms with E-state index in [1.54, 1.807) is 25.2 Å². The maximum Gasteiger partial charge on any atom is 0.253 e. The predicted molar refractivity (Wildman–Crippen MR) is 82.2 cm³/mol. The number of carbonyl (C=O) groups excluding carboxylic acids is 1. The number of aryl methyl sites for hydroxylation is 1. The number of amides is 1. The van der Waals surface area contributed by atoms with E-state index >= 15 is 0 Å². The second-order valence-electron chi connectivity index (χ2n) is 4.71. The summed E-state index contributed by atoms with van der Waals surface area (Å²) in [5.41, 5.74) is 7.49. The second kappa shape index (κ2) is 5.13. The normalized spacial score (nSPS) is 10.6. The van der Waals surface area contributed by atoms with Crippen molar-refractivity contribution in [2.24, 2.45) is 12.8 Å². The molecule has 0 aliphatic carbocycles. The largest absolute Gasteiger partial charge is 0.365 e. The van der Waals surface area contributed by atoms with Crippen molar-refractivity contribution in [1.82, 2.24) is 14.8 Å². The molecule has 1 amide bonds. The highest BCUT2D eigenvalue weighted by Gasteiger charge is 2.22. The number of benzene rings is 1. The Balaban J connectivity index is 2.28. The number of pyridine rings is 1. The third-order valence-corrected chi connectivity index (χ3v) is 3.54. The highest BCUT2D eigenvalue weighted by Crippen LogP contribution is 2.28. The summed E-state index contributed by atoms with van der Waals surface area (Å²) in [6, 6.07) is 10.8. The molecule has 3 rings (SSSR count). The summed E-state index contributed by atoms with van der Waals surface area (Å²) in [6.07, 6.45) is 0. The number of carbonyl (C=O) groups is 1. The van der Waals surface area contributed by atoms with Crippen LogP contribution in [0.15, 0.2) is 30.3 Å². The molecule has 0 saturated carbocycles. The summed E-state index contributed by atoms with van der Waals surface area (Å²) in [4.78, 5) is 15.9. The first-order chi connectivity index (χ1) is 10.5. The number of hydrogen-bond donors (Lipinski definition) is 1. The Morgan fingerprint density at radius 1 is 1.36 bits per heavy atom. The van der Waals surface area contributed by atoms with E-state index < -0.39 is 5.91 Å². The molecule has 0 unspecified atom stereocenters. The van der Waals surface area contributed by atoms with E-state index in [1.165, 1.54) is 4.68 Å². The van der Waals surface area contributed by atoms with Gasteiger partial charge >= 0.3 is 0 Å². The molecule has 2 N–H and O–H groups in total. The lowest BCUT2D eigenvalue weighted by Crippen LogP contribution is -2.13. The van der Waals surface area contributed by atoms with Gasteiger partial charge in [-0.25, -0.2) is 4.98 Å². The summed E-state index contributed by atoms with van der Waals surface area (Å²) in [5, 5.41) is 14.4. The number of rotatable bonds is 2. The standard InChI is InChI=1S/C15H10ClN5O/c1-21-14(13(15(18)22)11(7-17)20-21)9-2-4-10-8(6-9)3-5-12(16)19-10/h2-6H,1H3,(H2,18,22). The lowest BCUT2D eigenvalue weighted by molar-refractivity contribution is 0.100. The van der Waals surface area contributed by atoms with Crippen molar-refractivity contribution >= 4 is 28.4 Å². The number of nitriles is 1. The minimum atomic E-state index is -0.686. The van der Waals surface area contributed by atoms with Gasteiger partial charge in [0.1, 0.15) is 16.8 Å². The second-order valence-corrected chi connectivity index (χ2v) is 5.10. The van der Waals surface area contributed by atoms with Gasteiger partial charge < -0.3 is 5.73 Å². The fourth-order valence-corrected chi connectivity index (χ4v) is 2.57. The quantitative estimate of drug-likeness (QED) is 0.734. The van der Waals surface area contributed by atoms with Crippen LogP contribution in [0.5, 0.6) is 0 Å². The Hall–Kier alpha value is -2.91. The Labute approximate surface area is 130 Å². The van der Waals surface area contributed by atoms with Crippen LogP contribution in [0.1, 0.15) is 16.1 Å². The van der Waals surface area contributed by atoms with Crippen LogP contribution in [-0.2, 0) is 7.05 Å². The van der Waals surface area contributed by atoms with Crippen LogP contribution in [0, 0.1) is 11.3 Å². The third-order valence-electron chi connectivity index (χ3n) is 3.33. The zero-order valence-corrected chi connectivity index (χ0v) is 12.3. The fourth-order valence-electron chi connectivity index (χ4n) is 2.41. The Bertz CT molecular complexity index is 954. The first-order valence-electron chi connectivity index (χ1n) is 6.35. The Morgan fingerprint density at radius 2 is 2.14 bits per heavy atom. The molecule has 3 aromatic rings. The van der Waals surface area contributed by atoms with E-state index in [1.807, 2.05) is 18.2 Å². The van der Waals surface area contributed by atoms with Crippen LogP contribution in [0.4, 0.5) is 0 Å². The first-order valence-corrected chi connectivity index (χ1v) is 6.72. The van der Waals surface area contributed by atoms with Gasteiger partial charge in [-0.05, 0) is 24.3 Å². The van der Waals surface area contributed by atoms with E-state index in [0.717, 1.165) is 16.5 Å². The number of fused-ring (bicyclic) bond motifs is 1. The van der Waals surface area contributed by atoms with Gasteiger partial charge in [0.15, 0.2) is 5.69 Å². The molecule has 2 heterocycles. The van der Waals surface area contributed by atoms with E-state index in [0.29, 0.717) is 10.8 Å². The summed E-state index contributed by atoms with van der Waals surface area (Å²) >= 11 is 5.87. The predicted octanol–water partition coefficient (Wildman–Crippen LogP) is 2.26. The summed E-state index contributed by atoms with van der Waals surface area (Å²) in [7, 11) is 1.66. The van der Waals surface area contributed by atoms with E-state index in [-0.39, 0.29) is 11.3 Å². The highest BCUT2D eigenvalue weighted by molar-refractivity contribution is 6.29. The monoisotopic (exact) mass is 311 g/mol. The van der Waals surface area contributed by atoms with Gasteiger partial charge in [0.05, 0.1) is 11.2 Å². The van der Waals surface area contributed by atoms with Gasteiger partial charge in [-0.2, -0.15) is 10.4 Å². The van der Waals surface area contributed by atoms with Crippen molar-refractivity contribution in [2.45, 2.75) is 0 Å². The van der Waals surface area contributed by atoms with Gasteiger partial charge in [-0.3, -0.25) is 9.48 Å². The van der Waals surface area contributed by atoms with Crippen molar-refractivity contribution < 1.29 is 4.79 Å². The molecule has 0 bridgehead atoms. The molecule has 1 aromatic carbocycles. The molecule has 0 aliphatic rings. The van der Waals surface area contributed by atoms with Crippen LogP contribution < -0.4 is 5.73 Å². The van der Waals surface area contributed by atoms with E-state index in [4.69, 9.17) is 22.6 Å². The molecule has 0 radical (unpaired) electrons. The molecule has 108 valence electrons. The summed E-state index contributed by atoms with van der Waals surface area (Å²) in [5.74, 6) is -0.686. The molecular weight excluding hydrogens is 302 g/mol. The van der Waals surface area contributed by atoms with Crippen LogP contribution in [0.3, 0.4) is 0 Å². The third kappa shape index (κ3) is 2.18. The average molecular weight is 312 g/mol. The van der Waals surface area contributed by atoms with Gasteiger partial charge in [-0.1, -0.05) is 17.7 Å². The van der Waals surface area contributed by atoms with E-state index in [9.17, 15) is 4.79 Å². The summed E-state index contributed by atoms with van der Waals surface area (Å²) in [6.45, 7) is 0. The van der Waals surface area contributed by atoms with Crippen LogP contribution in [0.2, 0.25) is 5.15 Å². The number of nitrogens with zero attached hydrogens (tertiary/aromatic N) is 4. The smallest absolute Gasteiger partial charge is 0.253 e. The highest BCUT2D eigenvalue weighted by atomic mass is 35.5. The molecular formula is C15H10ClN5O. The number of nitrogens with two attached hydrogens (primary N) is 1. The van der Waals surface area contributed by atoms with Crippen molar-refractivity contribution in [3.8, 4) is 17.3 Å². The fraction of sp³-hybridized carbons (Fsp3) is 0.0667. The lowest BCUT2D eigenvalue weighted by Gasteiger charge is -2.06. The molecule has 2 aromatic heterocycles. The van der Waals surface area contributed by atoms with Gasteiger partial charge in [0, 0.05) is 18.0 Å². The zero-order chi connectivity index (χ0) is 15.9. The lowest BCUT2D eigenvalue weighted by atomic mass is 10.0. The number of hydrogen-bond acceptors (Lipinski definition) is 4. The summed E-state index contributed by atoms with van der Waals surface area (Å²) < 4.78 is 1.48. The van der Waals surface area contributed by atoms with Gasteiger partial charge in [-0.15, -0.1) is 0 Å². The minimum Gasteiger partial charge on any atom is -0.365 e. The maximum absolute atomic E-state index is 11.7. The SMILES string of the molecule is Cn1nc(C#N)c(C(N)=O)c1-c1ccc2nc(Cl)ccc2c1. The number of primary amides is 1. The molecule has 6 nitrogen and oxygen atoms in total. The van der Waals surface area contributed by atoms with Crippen molar-refractivity contribution in [2.75, 3.05) is 0 Å². The minimum absolute atomic E-state index is 0.0133. The zero-order valence-electron chi connectivity index (χ0n) is 11.5. The van der Waals surface area contributed by atoms with Gasteiger partial charge in [0.25, 0.3) is 5.91 Å². The topological polar surface area (TPSA) is 97.6 Å². The maximum atomic E-state index is 11.7. The average Bonchev–Trinajstić information content (AvgIpc) is 2.83. The van der Waals surface area contributed by atoms with Crippen molar-refractivity contribution in [3.05, 3.63) is 46.7 Å². The Kier molecular flexibility index (Phi) is 3.28. The molecule has 0 fully saturated rings. The molecule has 0 atom stereocenters. The van der Waals surface area contributed by atoms with Crippen LogP contribution in [-0.4, -0.2) is 20.7 Å². The first kappa shape index (κ1) is 14.0. The van der Waals surface area contributed by atoms with Gasteiger partial charge in [0.2, 0.25) is 0 Å². The van der Waals surface area contributed by atoms with E-state index in [2.05, 4.69) is 10.1 Å². The van der Waals surface area contributed by atoms with Crippen molar-refractivity contribution in [3.63, 3.8) is 0 Å². The van der Waals surface area contributed by atoms with Crippen LogP contribution in [0.25, 0.3) is 22.2 Å². The molecule has 7 heteroatoms. The number of aromatic nitrogens is 3. The molecule has 0 spiro atoms. The van der Waals surface area contributed by atoms with Crippen LogP contribution >= 0.6 is 11.6 Å².